The second-order valence-corrected chi connectivity index (χ2v) is 5.71. The Balaban J connectivity index is 1.78. The summed E-state index contributed by atoms with van der Waals surface area (Å²) in [7, 11) is 1.57. The number of hydrogen-bond acceptors (Lipinski definition) is 4. The second kappa shape index (κ2) is 9.27. The number of amides is 2. The molecule has 0 fully saturated rings. The molecule has 0 heterocycles. The summed E-state index contributed by atoms with van der Waals surface area (Å²) in [5, 5.41) is 0. The van der Waals surface area contributed by atoms with Gasteiger partial charge in [0, 0.05) is 6.08 Å². The number of rotatable bonds is 6. The number of carbonyl (C=O) groups is 2. The van der Waals surface area contributed by atoms with Gasteiger partial charge in [-0.05, 0) is 54.8 Å². The highest BCUT2D eigenvalue weighted by Crippen LogP contribution is 2.18. The van der Waals surface area contributed by atoms with Crippen molar-refractivity contribution in [1.82, 2.24) is 10.9 Å². The first-order valence-electron chi connectivity index (χ1n) is 8.09. The molecule has 2 amide bonds. The van der Waals surface area contributed by atoms with Gasteiger partial charge < -0.3 is 9.47 Å². The van der Waals surface area contributed by atoms with E-state index in [1.165, 1.54) is 6.08 Å². The van der Waals surface area contributed by atoms with Crippen molar-refractivity contribution < 1.29 is 19.1 Å². The zero-order valence-electron chi connectivity index (χ0n) is 15.0. The second-order valence-electron chi connectivity index (χ2n) is 5.71. The monoisotopic (exact) mass is 354 g/mol. The first-order valence-corrected chi connectivity index (χ1v) is 8.09. The predicted octanol–water partition coefficient (Wildman–Crippen LogP) is 2.55. The molecule has 0 aliphatic carbocycles. The standard InChI is InChI=1S/C20H22N2O4/c1-14-7-8-15(2)18(11-14)26-13-20(24)22-21-19(23)10-9-16-5-4-6-17(12-16)25-3/h4-12H,13H2,1-3H3,(H,21,23)(H,22,24)/b10-9+. The molecule has 0 aliphatic heterocycles. The number of aryl methyl sites for hydroxylation is 2. The van der Waals surface area contributed by atoms with Gasteiger partial charge in [-0.25, -0.2) is 0 Å². The summed E-state index contributed by atoms with van der Waals surface area (Å²) in [4.78, 5) is 23.5. The van der Waals surface area contributed by atoms with Crippen LogP contribution in [0.5, 0.6) is 11.5 Å². The van der Waals surface area contributed by atoms with Crippen LogP contribution in [0.2, 0.25) is 0 Å². The zero-order valence-corrected chi connectivity index (χ0v) is 15.0. The van der Waals surface area contributed by atoms with Crippen LogP contribution < -0.4 is 20.3 Å². The molecule has 2 aromatic carbocycles. The third-order valence-electron chi connectivity index (χ3n) is 3.55. The van der Waals surface area contributed by atoms with E-state index in [9.17, 15) is 9.59 Å². The topological polar surface area (TPSA) is 76.7 Å². The fraction of sp³-hybridized carbons (Fsp3) is 0.200. The van der Waals surface area contributed by atoms with Crippen LogP contribution in [0.4, 0.5) is 0 Å². The lowest BCUT2D eigenvalue weighted by atomic mass is 10.1. The normalized spacial score (nSPS) is 10.4. The molecule has 6 nitrogen and oxygen atoms in total. The predicted molar refractivity (Wildman–Crippen MR) is 99.7 cm³/mol. The Morgan fingerprint density at radius 1 is 1.08 bits per heavy atom. The van der Waals surface area contributed by atoms with Crippen molar-refractivity contribution in [2.24, 2.45) is 0 Å². The van der Waals surface area contributed by atoms with Crippen LogP contribution in [0.1, 0.15) is 16.7 Å². The Labute approximate surface area is 152 Å². The molecule has 2 aromatic rings. The van der Waals surface area contributed by atoms with Crippen LogP contribution in [-0.4, -0.2) is 25.5 Å². The molecule has 0 radical (unpaired) electrons. The molecule has 0 unspecified atom stereocenters. The molecule has 0 bridgehead atoms. The minimum atomic E-state index is -0.451. The van der Waals surface area contributed by atoms with Crippen molar-refractivity contribution in [2.75, 3.05) is 13.7 Å². The van der Waals surface area contributed by atoms with E-state index in [1.807, 2.05) is 50.2 Å². The minimum absolute atomic E-state index is 0.190. The highest BCUT2D eigenvalue weighted by molar-refractivity contribution is 5.93. The highest BCUT2D eigenvalue weighted by atomic mass is 16.5. The van der Waals surface area contributed by atoms with Gasteiger partial charge in [0.1, 0.15) is 11.5 Å². The first-order chi connectivity index (χ1) is 12.5. The quantitative estimate of drug-likeness (QED) is 0.617. The average Bonchev–Trinajstić information content (AvgIpc) is 2.65. The van der Waals surface area contributed by atoms with E-state index in [4.69, 9.17) is 9.47 Å². The van der Waals surface area contributed by atoms with E-state index >= 15 is 0 Å². The third kappa shape index (κ3) is 5.98. The maximum atomic E-state index is 11.8. The number of benzene rings is 2. The first kappa shape index (κ1) is 19.1. The van der Waals surface area contributed by atoms with E-state index in [0.29, 0.717) is 11.5 Å². The zero-order chi connectivity index (χ0) is 18.9. The van der Waals surface area contributed by atoms with Gasteiger partial charge in [-0.1, -0.05) is 24.3 Å². The summed E-state index contributed by atoms with van der Waals surface area (Å²) in [5.74, 6) is 0.441. The molecule has 0 atom stereocenters. The van der Waals surface area contributed by atoms with Crippen LogP contribution >= 0.6 is 0 Å². The van der Waals surface area contributed by atoms with Crippen molar-refractivity contribution in [3.63, 3.8) is 0 Å². The van der Waals surface area contributed by atoms with Gasteiger partial charge in [0.15, 0.2) is 6.61 Å². The van der Waals surface area contributed by atoms with Crippen molar-refractivity contribution in [1.29, 1.82) is 0 Å². The van der Waals surface area contributed by atoms with E-state index in [1.54, 1.807) is 19.3 Å². The van der Waals surface area contributed by atoms with Crippen molar-refractivity contribution in [3.8, 4) is 11.5 Å². The van der Waals surface area contributed by atoms with Gasteiger partial charge in [-0.3, -0.25) is 20.4 Å². The Bertz CT molecular complexity index is 815. The number of carbonyl (C=O) groups excluding carboxylic acids is 2. The minimum Gasteiger partial charge on any atom is -0.497 e. The molecule has 0 aromatic heterocycles. The SMILES string of the molecule is COc1cccc(/C=C/C(=O)NNC(=O)COc2cc(C)ccc2C)c1. The number of nitrogens with one attached hydrogen (secondary N) is 2. The van der Waals surface area contributed by atoms with E-state index in [-0.39, 0.29) is 6.61 Å². The summed E-state index contributed by atoms with van der Waals surface area (Å²) < 4.78 is 10.6. The average molecular weight is 354 g/mol. The van der Waals surface area contributed by atoms with Gasteiger partial charge >= 0.3 is 0 Å². The Hall–Kier alpha value is -3.28. The molecule has 6 heteroatoms. The van der Waals surface area contributed by atoms with Gasteiger partial charge in [0.2, 0.25) is 0 Å². The Morgan fingerprint density at radius 2 is 1.88 bits per heavy atom. The van der Waals surface area contributed by atoms with Gasteiger partial charge in [0.25, 0.3) is 11.8 Å². The Kier molecular flexibility index (Phi) is 6.79. The van der Waals surface area contributed by atoms with Crippen LogP contribution in [0, 0.1) is 13.8 Å². The lowest BCUT2D eigenvalue weighted by Gasteiger charge is -2.10. The van der Waals surface area contributed by atoms with Crippen molar-refractivity contribution in [3.05, 3.63) is 65.2 Å². The number of hydrogen-bond donors (Lipinski definition) is 2. The summed E-state index contributed by atoms with van der Waals surface area (Å²) in [5.41, 5.74) is 7.40. The van der Waals surface area contributed by atoms with Crippen molar-refractivity contribution in [2.45, 2.75) is 13.8 Å². The molecule has 0 aliphatic rings. The molecule has 2 N–H and O–H groups in total. The fourth-order valence-electron chi connectivity index (χ4n) is 2.13. The smallest absolute Gasteiger partial charge is 0.276 e. The molecular formula is C20H22N2O4. The van der Waals surface area contributed by atoms with Gasteiger partial charge in [-0.15, -0.1) is 0 Å². The fourth-order valence-corrected chi connectivity index (χ4v) is 2.13. The molecule has 2 rings (SSSR count). The van der Waals surface area contributed by atoms with E-state index < -0.39 is 11.8 Å². The van der Waals surface area contributed by atoms with Crippen LogP contribution in [-0.2, 0) is 9.59 Å². The number of hydrazine groups is 1. The Morgan fingerprint density at radius 3 is 2.65 bits per heavy atom. The molecule has 26 heavy (non-hydrogen) atoms. The number of ether oxygens (including phenoxy) is 2. The summed E-state index contributed by atoms with van der Waals surface area (Å²) in [6.07, 6.45) is 2.94. The summed E-state index contributed by atoms with van der Waals surface area (Å²) >= 11 is 0. The third-order valence-corrected chi connectivity index (χ3v) is 3.55. The molecular weight excluding hydrogens is 332 g/mol. The highest BCUT2D eigenvalue weighted by Gasteiger charge is 2.06. The van der Waals surface area contributed by atoms with E-state index in [0.717, 1.165) is 16.7 Å². The van der Waals surface area contributed by atoms with E-state index in [2.05, 4.69) is 10.9 Å². The lowest BCUT2D eigenvalue weighted by molar-refractivity contribution is -0.128. The van der Waals surface area contributed by atoms with Gasteiger partial charge in [-0.2, -0.15) is 0 Å². The van der Waals surface area contributed by atoms with Crippen molar-refractivity contribution >= 4 is 17.9 Å². The molecule has 0 saturated heterocycles. The van der Waals surface area contributed by atoms with Gasteiger partial charge in [0.05, 0.1) is 7.11 Å². The molecule has 0 saturated carbocycles. The maximum Gasteiger partial charge on any atom is 0.276 e. The lowest BCUT2D eigenvalue weighted by Crippen LogP contribution is -2.43. The molecule has 136 valence electrons. The number of methoxy groups -OCH3 is 1. The molecule has 0 spiro atoms. The summed E-state index contributed by atoms with van der Waals surface area (Å²) in [6.45, 7) is 3.66. The summed E-state index contributed by atoms with van der Waals surface area (Å²) in [6, 6.07) is 13.0. The maximum absolute atomic E-state index is 11.8. The van der Waals surface area contributed by atoms with Crippen LogP contribution in [0.3, 0.4) is 0 Å². The largest absolute Gasteiger partial charge is 0.497 e. The van der Waals surface area contributed by atoms with Crippen LogP contribution in [0.15, 0.2) is 48.5 Å². The van der Waals surface area contributed by atoms with Crippen LogP contribution in [0.25, 0.3) is 6.08 Å².